The van der Waals surface area contributed by atoms with Crippen molar-refractivity contribution in [1.82, 2.24) is 0 Å². The summed E-state index contributed by atoms with van der Waals surface area (Å²) in [7, 11) is -0.918. The first-order valence-corrected chi connectivity index (χ1v) is 13.0. The molecule has 0 aliphatic rings. The summed E-state index contributed by atoms with van der Waals surface area (Å²) in [6.45, 7) is 3.70. The van der Waals surface area contributed by atoms with Crippen molar-refractivity contribution in [1.29, 1.82) is 0 Å². The summed E-state index contributed by atoms with van der Waals surface area (Å²) in [5.74, 6) is 0.0455. The number of ether oxygens (including phenoxy) is 1. The number of hydrogen-bond acceptors (Lipinski definition) is 5. The Morgan fingerprint density at radius 1 is 1.03 bits per heavy atom. The summed E-state index contributed by atoms with van der Waals surface area (Å²) >= 11 is 7.34. The van der Waals surface area contributed by atoms with E-state index in [1.54, 1.807) is 54.6 Å². The Labute approximate surface area is 207 Å². The van der Waals surface area contributed by atoms with Gasteiger partial charge in [-0.2, -0.15) is 0 Å². The van der Waals surface area contributed by atoms with Gasteiger partial charge in [0.2, 0.25) is 0 Å². The fourth-order valence-electron chi connectivity index (χ4n) is 3.56. The number of benzene rings is 3. The number of nitrogens with zero attached hydrogens (tertiary/aromatic N) is 1. The summed E-state index contributed by atoms with van der Waals surface area (Å²) in [6, 6.07) is 17.4. The number of hydrogen-bond donors (Lipinski definition) is 1. The molecule has 0 saturated carbocycles. The maximum Gasteiger partial charge on any atom is 0.267 e. The number of methoxy groups -OCH3 is 1. The fourth-order valence-corrected chi connectivity index (χ4v) is 6.15. The van der Waals surface area contributed by atoms with Gasteiger partial charge >= 0.3 is 0 Å². The third-order valence-corrected chi connectivity index (χ3v) is 8.64. The number of carbonyl (C=O) groups excluding carboxylic acids is 1. The van der Waals surface area contributed by atoms with Crippen LogP contribution < -0.4 is 14.4 Å². The summed E-state index contributed by atoms with van der Waals surface area (Å²) in [4.78, 5) is 13.5. The predicted octanol–water partition coefficient (Wildman–Crippen LogP) is 6.26. The van der Waals surface area contributed by atoms with E-state index >= 15 is 0 Å². The van der Waals surface area contributed by atoms with Crippen LogP contribution >= 0.6 is 22.9 Å². The van der Waals surface area contributed by atoms with Crippen LogP contribution in [-0.4, -0.2) is 28.5 Å². The predicted molar refractivity (Wildman–Crippen MR) is 139 cm³/mol. The highest BCUT2D eigenvalue weighted by Crippen LogP contribution is 2.34. The average Bonchev–Trinajstić information content (AvgIpc) is 3.24. The second-order valence-corrected chi connectivity index (χ2v) is 11.3. The molecule has 0 aliphatic carbocycles. The van der Waals surface area contributed by atoms with Crippen LogP contribution in [0.3, 0.4) is 0 Å². The van der Waals surface area contributed by atoms with Crippen molar-refractivity contribution in [2.24, 2.45) is 0 Å². The largest absolute Gasteiger partial charge is 0.495 e. The molecule has 0 atom stereocenters. The standard InChI is InChI=1S/C25H23ClN2O4S2/c1-15-5-9-21(32-4)24(11-15)34(30,31)28(3)19-7-10-22-17(13-19)14-23(33-22)25(29)27-20-8-6-18(26)12-16(20)2/h5-14H,1-4H3,(H,27,29). The number of nitrogens with one attached hydrogen (secondary N) is 1. The first-order chi connectivity index (χ1) is 16.1. The van der Waals surface area contributed by atoms with Gasteiger partial charge in [0, 0.05) is 22.5 Å². The first kappa shape index (κ1) is 24.1. The van der Waals surface area contributed by atoms with E-state index in [1.165, 1.54) is 29.8 Å². The number of rotatable bonds is 6. The number of thiophene rings is 1. The van der Waals surface area contributed by atoms with Crippen LogP contribution in [0.15, 0.2) is 65.6 Å². The molecule has 1 N–H and O–H groups in total. The smallest absolute Gasteiger partial charge is 0.267 e. The normalized spacial score (nSPS) is 11.4. The molecule has 176 valence electrons. The van der Waals surface area contributed by atoms with Crippen LogP contribution in [0.2, 0.25) is 5.02 Å². The Kier molecular flexibility index (Phi) is 6.58. The maximum absolute atomic E-state index is 13.3. The molecule has 4 aromatic rings. The summed E-state index contributed by atoms with van der Waals surface area (Å²) in [5.41, 5.74) is 2.84. The lowest BCUT2D eigenvalue weighted by atomic mass is 10.2. The van der Waals surface area contributed by atoms with Crippen molar-refractivity contribution < 1.29 is 17.9 Å². The fraction of sp³-hybridized carbons (Fsp3) is 0.160. The second-order valence-electron chi connectivity index (χ2n) is 7.87. The third kappa shape index (κ3) is 4.61. The molecule has 6 nitrogen and oxygen atoms in total. The SMILES string of the molecule is COc1ccc(C)cc1S(=O)(=O)N(C)c1ccc2sc(C(=O)Nc3ccc(Cl)cc3C)cc2c1. The van der Waals surface area contributed by atoms with Gasteiger partial charge in [0.05, 0.1) is 17.7 Å². The van der Waals surface area contributed by atoms with Crippen molar-refractivity contribution in [3.05, 3.63) is 81.7 Å². The highest BCUT2D eigenvalue weighted by atomic mass is 35.5. The third-order valence-electron chi connectivity index (χ3n) is 5.48. The molecule has 0 fully saturated rings. The molecular weight excluding hydrogens is 492 g/mol. The number of carbonyl (C=O) groups is 1. The van der Waals surface area contributed by atoms with Gasteiger partial charge in [-0.3, -0.25) is 9.10 Å². The van der Waals surface area contributed by atoms with Crippen LogP contribution in [0.25, 0.3) is 10.1 Å². The molecule has 4 rings (SSSR count). The molecule has 34 heavy (non-hydrogen) atoms. The second kappa shape index (κ2) is 9.29. The monoisotopic (exact) mass is 514 g/mol. The van der Waals surface area contributed by atoms with Crippen LogP contribution in [0.1, 0.15) is 20.8 Å². The van der Waals surface area contributed by atoms with E-state index < -0.39 is 10.0 Å². The lowest BCUT2D eigenvalue weighted by Crippen LogP contribution is -2.27. The molecule has 1 heterocycles. The Bertz CT molecular complexity index is 1510. The minimum atomic E-state index is -3.86. The number of fused-ring (bicyclic) bond motifs is 1. The van der Waals surface area contributed by atoms with Gasteiger partial charge in [0.15, 0.2) is 0 Å². The van der Waals surface area contributed by atoms with Gasteiger partial charge in [-0.15, -0.1) is 11.3 Å². The number of anilines is 2. The first-order valence-electron chi connectivity index (χ1n) is 10.3. The quantitative estimate of drug-likeness (QED) is 0.329. The zero-order valence-corrected chi connectivity index (χ0v) is 21.4. The summed E-state index contributed by atoms with van der Waals surface area (Å²) < 4.78 is 34.1. The lowest BCUT2D eigenvalue weighted by molar-refractivity contribution is 0.103. The van der Waals surface area contributed by atoms with E-state index in [-0.39, 0.29) is 16.6 Å². The van der Waals surface area contributed by atoms with E-state index in [0.29, 0.717) is 21.3 Å². The van der Waals surface area contributed by atoms with Crippen LogP contribution in [-0.2, 0) is 10.0 Å². The van der Waals surface area contributed by atoms with Crippen molar-refractivity contribution >= 4 is 60.3 Å². The molecule has 0 saturated heterocycles. The van der Waals surface area contributed by atoms with Crippen LogP contribution in [0.4, 0.5) is 11.4 Å². The Balaban J connectivity index is 1.64. The van der Waals surface area contributed by atoms with E-state index in [4.69, 9.17) is 16.3 Å². The minimum absolute atomic E-state index is 0.0984. The summed E-state index contributed by atoms with van der Waals surface area (Å²) in [5, 5.41) is 4.29. The van der Waals surface area contributed by atoms with Gasteiger partial charge < -0.3 is 10.1 Å². The molecule has 0 radical (unpaired) electrons. The molecule has 1 amide bonds. The average molecular weight is 515 g/mol. The number of halogens is 1. The number of aryl methyl sites for hydroxylation is 2. The molecule has 1 aromatic heterocycles. The highest BCUT2D eigenvalue weighted by Gasteiger charge is 2.26. The maximum atomic E-state index is 13.3. The van der Waals surface area contributed by atoms with Crippen LogP contribution in [0, 0.1) is 13.8 Å². The van der Waals surface area contributed by atoms with Gasteiger partial charge in [-0.05, 0) is 85.0 Å². The van der Waals surface area contributed by atoms with Crippen molar-refractivity contribution in [3.63, 3.8) is 0 Å². The molecule has 9 heteroatoms. The molecule has 3 aromatic carbocycles. The number of sulfonamides is 1. The zero-order chi connectivity index (χ0) is 24.6. The van der Waals surface area contributed by atoms with Crippen LogP contribution in [0.5, 0.6) is 5.75 Å². The minimum Gasteiger partial charge on any atom is -0.495 e. The van der Waals surface area contributed by atoms with E-state index in [1.807, 2.05) is 19.9 Å². The Morgan fingerprint density at radius 2 is 1.79 bits per heavy atom. The highest BCUT2D eigenvalue weighted by molar-refractivity contribution is 7.93. The molecule has 0 unspecified atom stereocenters. The van der Waals surface area contributed by atoms with Gasteiger partial charge in [-0.25, -0.2) is 8.42 Å². The topological polar surface area (TPSA) is 75.7 Å². The van der Waals surface area contributed by atoms with Gasteiger partial charge in [-0.1, -0.05) is 17.7 Å². The van der Waals surface area contributed by atoms with Gasteiger partial charge in [0.25, 0.3) is 15.9 Å². The van der Waals surface area contributed by atoms with E-state index in [9.17, 15) is 13.2 Å². The lowest BCUT2D eigenvalue weighted by Gasteiger charge is -2.21. The Hall–Kier alpha value is -3.07. The zero-order valence-electron chi connectivity index (χ0n) is 19.0. The van der Waals surface area contributed by atoms with Crippen molar-refractivity contribution in [3.8, 4) is 5.75 Å². The molecular formula is C25H23ClN2O4S2. The van der Waals surface area contributed by atoms with E-state index in [0.717, 1.165) is 21.2 Å². The van der Waals surface area contributed by atoms with Gasteiger partial charge in [0.1, 0.15) is 10.6 Å². The Morgan fingerprint density at radius 3 is 2.50 bits per heavy atom. The molecule has 0 spiro atoms. The van der Waals surface area contributed by atoms with Crippen molar-refractivity contribution in [2.45, 2.75) is 18.7 Å². The summed E-state index contributed by atoms with van der Waals surface area (Å²) in [6.07, 6.45) is 0. The number of amides is 1. The molecule has 0 aliphatic heterocycles. The molecule has 0 bridgehead atoms. The van der Waals surface area contributed by atoms with E-state index in [2.05, 4.69) is 5.32 Å². The van der Waals surface area contributed by atoms with Crippen molar-refractivity contribution in [2.75, 3.05) is 23.8 Å².